The van der Waals surface area contributed by atoms with E-state index in [0.29, 0.717) is 16.9 Å². The molecule has 0 amide bonds. The lowest BCUT2D eigenvalue weighted by Gasteiger charge is -2.07. The molecule has 0 N–H and O–H groups in total. The third-order valence-electron chi connectivity index (χ3n) is 4.74. The minimum Gasteiger partial charge on any atom is -0.457 e. The van der Waals surface area contributed by atoms with E-state index in [1.54, 1.807) is 36.4 Å². The van der Waals surface area contributed by atoms with Crippen LogP contribution in [0, 0.1) is 0 Å². The Balaban J connectivity index is 1.35. The molecular weight excluding hydrogens is 388 g/mol. The normalized spacial score (nSPS) is 10.3. The van der Waals surface area contributed by atoms with E-state index in [1.165, 1.54) is 0 Å². The van der Waals surface area contributed by atoms with Crippen molar-refractivity contribution in [3.8, 4) is 16.9 Å². The first kappa shape index (κ1) is 20.1. The monoisotopic (exact) mass is 408 g/mol. The Hall–Kier alpha value is -4.18. The van der Waals surface area contributed by atoms with Crippen LogP contribution in [0.1, 0.15) is 26.3 Å². The maximum absolute atomic E-state index is 12.4. The average Bonchev–Trinajstić information content (AvgIpc) is 2.84. The molecule has 4 rings (SSSR count). The number of hydrogen-bond acceptors (Lipinski definition) is 4. The summed E-state index contributed by atoms with van der Waals surface area (Å²) >= 11 is 0. The molecule has 0 spiro atoms. The molecule has 4 nitrogen and oxygen atoms in total. The molecule has 0 radical (unpaired) electrons. The maximum Gasteiger partial charge on any atom is 0.343 e. The van der Waals surface area contributed by atoms with Gasteiger partial charge >= 0.3 is 11.9 Å². The Kier molecular flexibility index (Phi) is 6.19. The maximum atomic E-state index is 12.4. The topological polar surface area (TPSA) is 52.6 Å². The molecule has 0 aromatic heterocycles. The Morgan fingerprint density at radius 3 is 1.71 bits per heavy atom. The zero-order valence-electron chi connectivity index (χ0n) is 16.7. The average molecular weight is 408 g/mol. The molecule has 0 saturated carbocycles. The van der Waals surface area contributed by atoms with Crippen molar-refractivity contribution in [3.05, 3.63) is 126 Å². The lowest BCUT2D eigenvalue weighted by molar-refractivity contribution is 0.0472. The molecule has 152 valence electrons. The Morgan fingerprint density at radius 1 is 0.548 bits per heavy atom. The van der Waals surface area contributed by atoms with Gasteiger partial charge in [0.25, 0.3) is 0 Å². The predicted octanol–water partition coefficient (Wildman–Crippen LogP) is 5.93. The second-order valence-electron chi connectivity index (χ2n) is 6.92. The molecule has 0 aliphatic rings. The van der Waals surface area contributed by atoms with Gasteiger partial charge in [-0.1, -0.05) is 72.8 Å². The first-order valence-corrected chi connectivity index (χ1v) is 9.88. The van der Waals surface area contributed by atoms with Crippen molar-refractivity contribution in [3.63, 3.8) is 0 Å². The van der Waals surface area contributed by atoms with Crippen molar-refractivity contribution in [2.75, 3.05) is 0 Å². The van der Waals surface area contributed by atoms with E-state index in [-0.39, 0.29) is 6.61 Å². The lowest BCUT2D eigenvalue weighted by atomic mass is 10.0. The summed E-state index contributed by atoms with van der Waals surface area (Å²) in [5, 5.41) is 0. The first-order valence-electron chi connectivity index (χ1n) is 9.88. The number of esters is 2. The van der Waals surface area contributed by atoms with Gasteiger partial charge in [-0.3, -0.25) is 0 Å². The zero-order valence-corrected chi connectivity index (χ0v) is 16.7. The fourth-order valence-corrected chi connectivity index (χ4v) is 3.06. The van der Waals surface area contributed by atoms with Crippen molar-refractivity contribution in [1.29, 1.82) is 0 Å². The summed E-state index contributed by atoms with van der Waals surface area (Å²) in [4.78, 5) is 24.6. The second-order valence-corrected chi connectivity index (χ2v) is 6.92. The van der Waals surface area contributed by atoms with Crippen molar-refractivity contribution >= 4 is 11.9 Å². The molecule has 0 atom stereocenters. The van der Waals surface area contributed by atoms with Crippen molar-refractivity contribution in [1.82, 2.24) is 0 Å². The summed E-state index contributed by atoms with van der Waals surface area (Å²) in [6.07, 6.45) is 0. The third-order valence-corrected chi connectivity index (χ3v) is 4.74. The summed E-state index contributed by atoms with van der Waals surface area (Å²) in [6, 6.07) is 33.0. The van der Waals surface area contributed by atoms with Gasteiger partial charge in [-0.25, -0.2) is 9.59 Å². The van der Waals surface area contributed by atoms with Crippen molar-refractivity contribution in [2.45, 2.75) is 6.61 Å². The zero-order chi connectivity index (χ0) is 21.5. The van der Waals surface area contributed by atoms with Crippen molar-refractivity contribution < 1.29 is 19.1 Å². The Morgan fingerprint density at radius 2 is 1.06 bits per heavy atom. The van der Waals surface area contributed by atoms with Crippen LogP contribution >= 0.6 is 0 Å². The highest BCUT2D eigenvalue weighted by Gasteiger charge is 2.11. The van der Waals surface area contributed by atoms with Crippen molar-refractivity contribution in [2.24, 2.45) is 0 Å². The Bertz CT molecular complexity index is 1150. The quantitative estimate of drug-likeness (QED) is 0.293. The highest BCUT2D eigenvalue weighted by Crippen LogP contribution is 2.20. The van der Waals surface area contributed by atoms with Gasteiger partial charge in [-0.15, -0.1) is 0 Å². The summed E-state index contributed by atoms with van der Waals surface area (Å²) in [7, 11) is 0. The molecule has 4 aromatic rings. The van der Waals surface area contributed by atoms with Crippen LogP contribution in [0.15, 0.2) is 109 Å². The number of hydrogen-bond donors (Lipinski definition) is 0. The molecule has 0 aliphatic carbocycles. The molecule has 0 unspecified atom stereocenters. The standard InChI is InChI=1S/C27H20O4/c28-26(30-19-20-7-3-1-4-8-20)23-15-17-25(18-16-23)31-27(29)24-13-11-22(12-14-24)21-9-5-2-6-10-21/h1-18H,19H2. The number of rotatable bonds is 6. The minimum absolute atomic E-state index is 0.204. The SMILES string of the molecule is O=C(OCc1ccccc1)c1ccc(OC(=O)c2ccc(-c3ccccc3)cc2)cc1. The van der Waals surface area contributed by atoms with E-state index in [4.69, 9.17) is 9.47 Å². The van der Waals surface area contributed by atoms with E-state index < -0.39 is 11.9 Å². The second kappa shape index (κ2) is 9.55. The van der Waals surface area contributed by atoms with Gasteiger partial charge in [0.05, 0.1) is 11.1 Å². The smallest absolute Gasteiger partial charge is 0.343 e. The highest BCUT2D eigenvalue weighted by atomic mass is 16.5. The molecular formula is C27H20O4. The number of carbonyl (C=O) groups excluding carboxylic acids is 2. The summed E-state index contributed by atoms with van der Waals surface area (Å²) in [6.45, 7) is 0.204. The summed E-state index contributed by atoms with van der Waals surface area (Å²) in [5.74, 6) is -0.533. The fourth-order valence-electron chi connectivity index (χ4n) is 3.06. The first-order chi connectivity index (χ1) is 15.2. The van der Waals surface area contributed by atoms with Crippen LogP contribution in [0.25, 0.3) is 11.1 Å². The molecule has 0 bridgehead atoms. The van der Waals surface area contributed by atoms with Gasteiger partial charge < -0.3 is 9.47 Å². The van der Waals surface area contributed by atoms with E-state index in [9.17, 15) is 9.59 Å². The molecule has 4 aromatic carbocycles. The van der Waals surface area contributed by atoms with Crippen LogP contribution in [0.2, 0.25) is 0 Å². The lowest BCUT2D eigenvalue weighted by Crippen LogP contribution is -2.09. The van der Waals surface area contributed by atoms with E-state index in [2.05, 4.69) is 0 Å². The Labute approximate surface area is 180 Å². The van der Waals surface area contributed by atoms with Crippen LogP contribution in [0.5, 0.6) is 5.75 Å². The number of carbonyl (C=O) groups is 2. The van der Waals surface area contributed by atoms with Gasteiger partial charge in [-0.2, -0.15) is 0 Å². The van der Waals surface area contributed by atoms with Gasteiger partial charge in [0.15, 0.2) is 0 Å². The number of benzene rings is 4. The minimum atomic E-state index is -0.459. The van der Waals surface area contributed by atoms with Gasteiger partial charge in [0.1, 0.15) is 12.4 Å². The van der Waals surface area contributed by atoms with E-state index in [1.807, 2.05) is 72.8 Å². The summed E-state index contributed by atoms with van der Waals surface area (Å²) in [5.41, 5.74) is 3.86. The number of ether oxygens (including phenoxy) is 2. The molecule has 0 saturated heterocycles. The third kappa shape index (κ3) is 5.25. The van der Waals surface area contributed by atoms with Gasteiger partial charge in [-0.05, 0) is 53.1 Å². The van der Waals surface area contributed by atoms with E-state index in [0.717, 1.165) is 16.7 Å². The molecule has 4 heteroatoms. The van der Waals surface area contributed by atoms with Gasteiger partial charge in [0, 0.05) is 0 Å². The molecule has 0 heterocycles. The van der Waals surface area contributed by atoms with Crippen LogP contribution in [-0.4, -0.2) is 11.9 Å². The van der Waals surface area contributed by atoms with Crippen LogP contribution < -0.4 is 4.74 Å². The molecule has 31 heavy (non-hydrogen) atoms. The highest BCUT2D eigenvalue weighted by molar-refractivity contribution is 5.92. The van der Waals surface area contributed by atoms with Gasteiger partial charge in [0.2, 0.25) is 0 Å². The largest absolute Gasteiger partial charge is 0.457 e. The summed E-state index contributed by atoms with van der Waals surface area (Å²) < 4.78 is 10.7. The fraction of sp³-hybridized carbons (Fsp3) is 0.0370. The predicted molar refractivity (Wildman–Crippen MR) is 119 cm³/mol. The molecule has 0 aliphatic heterocycles. The molecule has 0 fully saturated rings. The van der Waals surface area contributed by atoms with Crippen LogP contribution in [0.4, 0.5) is 0 Å². The van der Waals surface area contributed by atoms with E-state index >= 15 is 0 Å². The van der Waals surface area contributed by atoms with Crippen LogP contribution in [-0.2, 0) is 11.3 Å². The van der Waals surface area contributed by atoms with Crippen LogP contribution in [0.3, 0.4) is 0 Å².